The van der Waals surface area contributed by atoms with Crippen molar-refractivity contribution in [2.24, 2.45) is 5.92 Å². The molecule has 18 heavy (non-hydrogen) atoms. The quantitative estimate of drug-likeness (QED) is 0.777. The molecule has 2 nitrogen and oxygen atoms in total. The molecule has 0 unspecified atom stereocenters. The molecule has 1 aromatic rings. The first kappa shape index (κ1) is 14.2. The van der Waals surface area contributed by atoms with E-state index in [4.69, 9.17) is 12.2 Å². The van der Waals surface area contributed by atoms with Crippen molar-refractivity contribution in [3.8, 4) is 0 Å². The predicted octanol–water partition coefficient (Wildman–Crippen LogP) is 5.15. The Balaban J connectivity index is 2.19. The zero-order valence-corrected chi connectivity index (χ0v) is 13.5. The number of rotatable bonds is 3. The van der Waals surface area contributed by atoms with Gasteiger partial charge in [0, 0.05) is 11.6 Å². The lowest BCUT2D eigenvalue weighted by atomic mass is 9.80. The van der Waals surface area contributed by atoms with Gasteiger partial charge in [-0.3, -0.25) is 0 Å². The molecule has 1 heterocycles. The second kappa shape index (κ2) is 6.29. The smallest absolute Gasteiger partial charge is 0.144 e. The standard InChI is InChI=1S/C14H21BrN2S/c1-3-9-5-7-10(8-6-9)13-16-11(4-2)12(15)14(18)17-13/h9-10H,3-8H2,1-2H3,(H,16,17,18). The van der Waals surface area contributed by atoms with Crippen LogP contribution in [-0.2, 0) is 6.42 Å². The van der Waals surface area contributed by atoms with Crippen molar-refractivity contribution < 1.29 is 0 Å². The Hall–Kier alpha value is -0.220. The molecule has 0 aromatic carbocycles. The van der Waals surface area contributed by atoms with Crippen molar-refractivity contribution in [3.05, 3.63) is 20.6 Å². The van der Waals surface area contributed by atoms with Crippen LogP contribution in [0, 0.1) is 10.6 Å². The molecule has 1 aromatic heterocycles. The fourth-order valence-corrected chi connectivity index (χ4v) is 3.50. The lowest BCUT2D eigenvalue weighted by Gasteiger charge is -2.27. The van der Waals surface area contributed by atoms with Crippen LogP contribution in [-0.4, -0.2) is 9.97 Å². The second-order valence-corrected chi connectivity index (χ2v) is 6.38. The number of hydrogen-bond acceptors (Lipinski definition) is 2. The highest BCUT2D eigenvalue weighted by atomic mass is 79.9. The van der Waals surface area contributed by atoms with Crippen LogP contribution in [0.4, 0.5) is 0 Å². The summed E-state index contributed by atoms with van der Waals surface area (Å²) in [6.07, 6.45) is 7.45. The van der Waals surface area contributed by atoms with Crippen LogP contribution in [0.25, 0.3) is 0 Å². The summed E-state index contributed by atoms with van der Waals surface area (Å²) in [4.78, 5) is 8.05. The Kier molecular flexibility index (Phi) is 4.96. The van der Waals surface area contributed by atoms with E-state index in [0.717, 1.165) is 22.6 Å². The van der Waals surface area contributed by atoms with E-state index >= 15 is 0 Å². The average Bonchev–Trinajstić information content (AvgIpc) is 2.42. The fourth-order valence-electron chi connectivity index (χ4n) is 2.81. The van der Waals surface area contributed by atoms with Crippen molar-refractivity contribution in [1.82, 2.24) is 9.97 Å². The molecule has 100 valence electrons. The van der Waals surface area contributed by atoms with Crippen molar-refractivity contribution in [2.45, 2.75) is 58.3 Å². The third-order valence-electron chi connectivity index (χ3n) is 4.12. The minimum absolute atomic E-state index is 0.577. The molecule has 1 aliphatic rings. The van der Waals surface area contributed by atoms with Gasteiger partial charge in [-0.1, -0.05) is 32.5 Å². The van der Waals surface area contributed by atoms with Crippen molar-refractivity contribution in [2.75, 3.05) is 0 Å². The van der Waals surface area contributed by atoms with Crippen LogP contribution < -0.4 is 0 Å². The third kappa shape index (κ3) is 3.02. The molecule has 0 atom stereocenters. The van der Waals surface area contributed by atoms with Crippen LogP contribution >= 0.6 is 28.1 Å². The van der Waals surface area contributed by atoms with E-state index < -0.39 is 0 Å². The molecule has 0 aliphatic heterocycles. The second-order valence-electron chi connectivity index (χ2n) is 5.20. The van der Waals surface area contributed by atoms with Gasteiger partial charge in [0.05, 0.1) is 4.47 Å². The van der Waals surface area contributed by atoms with Gasteiger partial charge in [-0.05, 0) is 54.0 Å². The molecule has 1 N–H and O–H groups in total. The van der Waals surface area contributed by atoms with Crippen molar-refractivity contribution >= 4 is 28.1 Å². The number of nitrogens with zero attached hydrogens (tertiary/aromatic N) is 1. The number of H-pyrrole nitrogens is 1. The third-order valence-corrected chi connectivity index (χ3v) is 5.53. The van der Waals surface area contributed by atoms with E-state index in [-0.39, 0.29) is 0 Å². The van der Waals surface area contributed by atoms with Crippen LogP contribution in [0.1, 0.15) is 63.4 Å². The zero-order valence-electron chi connectivity index (χ0n) is 11.1. The lowest BCUT2D eigenvalue weighted by molar-refractivity contribution is 0.311. The molecular weight excluding hydrogens is 308 g/mol. The SMILES string of the molecule is CCc1[nH]c(C2CCC(CC)CC2)nc(=S)c1Br. The van der Waals surface area contributed by atoms with Gasteiger partial charge in [-0.25, -0.2) is 4.98 Å². The number of aromatic nitrogens is 2. The van der Waals surface area contributed by atoms with Crippen LogP contribution in [0.3, 0.4) is 0 Å². The molecule has 4 heteroatoms. The van der Waals surface area contributed by atoms with Gasteiger partial charge >= 0.3 is 0 Å². The minimum Gasteiger partial charge on any atom is -0.346 e. The highest BCUT2D eigenvalue weighted by molar-refractivity contribution is 9.10. The van der Waals surface area contributed by atoms with Gasteiger partial charge in [0.15, 0.2) is 0 Å². The van der Waals surface area contributed by atoms with E-state index in [0.29, 0.717) is 10.6 Å². The van der Waals surface area contributed by atoms with E-state index in [1.807, 2.05) is 0 Å². The van der Waals surface area contributed by atoms with Gasteiger partial charge in [0.2, 0.25) is 0 Å². The van der Waals surface area contributed by atoms with E-state index in [1.165, 1.54) is 37.8 Å². The Morgan fingerprint density at radius 1 is 1.28 bits per heavy atom. The fraction of sp³-hybridized carbons (Fsp3) is 0.714. The Morgan fingerprint density at radius 3 is 2.50 bits per heavy atom. The van der Waals surface area contributed by atoms with Gasteiger partial charge in [-0.2, -0.15) is 0 Å². The number of aryl methyl sites for hydroxylation is 1. The predicted molar refractivity (Wildman–Crippen MR) is 81.5 cm³/mol. The van der Waals surface area contributed by atoms with Crippen LogP contribution in [0.15, 0.2) is 4.47 Å². The molecule has 0 amide bonds. The summed E-state index contributed by atoms with van der Waals surface area (Å²) in [5.74, 6) is 2.60. The summed E-state index contributed by atoms with van der Waals surface area (Å²) in [5.41, 5.74) is 1.18. The highest BCUT2D eigenvalue weighted by Crippen LogP contribution is 2.36. The Bertz CT molecular complexity index is 461. The number of nitrogens with one attached hydrogen (secondary N) is 1. The summed E-state index contributed by atoms with van der Waals surface area (Å²) in [5, 5.41) is 0. The largest absolute Gasteiger partial charge is 0.346 e. The molecule has 0 spiro atoms. The molecule has 1 fully saturated rings. The summed E-state index contributed by atoms with van der Waals surface area (Å²) in [6, 6.07) is 0. The first-order valence-corrected chi connectivity index (χ1v) is 8.14. The van der Waals surface area contributed by atoms with Crippen LogP contribution in [0.5, 0.6) is 0 Å². The average molecular weight is 329 g/mol. The molecular formula is C14H21BrN2S. The zero-order chi connectivity index (χ0) is 13.1. The summed E-state index contributed by atoms with van der Waals surface area (Å²) < 4.78 is 1.67. The van der Waals surface area contributed by atoms with E-state index in [2.05, 4.69) is 39.7 Å². The maximum Gasteiger partial charge on any atom is 0.144 e. The summed E-state index contributed by atoms with van der Waals surface area (Å²) in [7, 11) is 0. The highest BCUT2D eigenvalue weighted by Gasteiger charge is 2.23. The minimum atomic E-state index is 0.577. The first-order chi connectivity index (χ1) is 8.65. The normalized spacial score (nSPS) is 24.2. The molecule has 2 rings (SSSR count). The molecule has 1 aliphatic carbocycles. The topological polar surface area (TPSA) is 28.7 Å². The molecule has 0 bridgehead atoms. The number of aromatic amines is 1. The van der Waals surface area contributed by atoms with Gasteiger partial charge < -0.3 is 4.98 Å². The van der Waals surface area contributed by atoms with Gasteiger partial charge in [0.25, 0.3) is 0 Å². The summed E-state index contributed by atoms with van der Waals surface area (Å²) >= 11 is 8.85. The van der Waals surface area contributed by atoms with Crippen molar-refractivity contribution in [3.63, 3.8) is 0 Å². The maximum absolute atomic E-state index is 5.33. The van der Waals surface area contributed by atoms with Gasteiger partial charge in [-0.15, -0.1) is 0 Å². The summed E-state index contributed by atoms with van der Waals surface area (Å²) in [6.45, 7) is 4.44. The maximum atomic E-state index is 5.33. The number of hydrogen-bond donors (Lipinski definition) is 1. The first-order valence-electron chi connectivity index (χ1n) is 6.94. The van der Waals surface area contributed by atoms with Gasteiger partial charge in [0.1, 0.15) is 10.5 Å². The Morgan fingerprint density at radius 2 is 1.94 bits per heavy atom. The molecule has 1 saturated carbocycles. The van der Waals surface area contributed by atoms with E-state index in [9.17, 15) is 0 Å². The monoisotopic (exact) mass is 328 g/mol. The van der Waals surface area contributed by atoms with Crippen LogP contribution in [0.2, 0.25) is 0 Å². The lowest BCUT2D eigenvalue weighted by Crippen LogP contribution is -2.15. The Labute approximate surface area is 123 Å². The molecule has 0 saturated heterocycles. The molecule has 0 radical (unpaired) electrons. The van der Waals surface area contributed by atoms with E-state index in [1.54, 1.807) is 0 Å². The number of halogens is 1. The van der Waals surface area contributed by atoms with Crippen molar-refractivity contribution in [1.29, 1.82) is 0 Å².